The van der Waals surface area contributed by atoms with E-state index in [1.165, 1.54) is 7.11 Å². The molecule has 3 N–H and O–H groups in total. The zero-order valence-corrected chi connectivity index (χ0v) is 11.5. The molecule has 1 amide bonds. The Morgan fingerprint density at radius 1 is 1.55 bits per heavy atom. The summed E-state index contributed by atoms with van der Waals surface area (Å²) < 4.78 is 10.1. The Bertz CT molecular complexity index is 432. The summed E-state index contributed by atoms with van der Waals surface area (Å²) in [5.41, 5.74) is 6.27. The minimum absolute atomic E-state index is 0.186. The summed E-state index contributed by atoms with van der Waals surface area (Å²) in [5, 5.41) is 2.71. The summed E-state index contributed by atoms with van der Waals surface area (Å²) >= 11 is 0. The van der Waals surface area contributed by atoms with Gasteiger partial charge in [-0.3, -0.25) is 4.79 Å². The van der Waals surface area contributed by atoms with E-state index in [2.05, 4.69) is 15.2 Å². The summed E-state index contributed by atoms with van der Waals surface area (Å²) in [6.07, 6.45) is 1.63. The van der Waals surface area contributed by atoms with Crippen LogP contribution < -0.4 is 16.0 Å². The first-order valence-corrected chi connectivity index (χ1v) is 6.55. The van der Waals surface area contributed by atoms with Crippen molar-refractivity contribution in [3.05, 3.63) is 18.3 Å². The van der Waals surface area contributed by atoms with Crippen LogP contribution in [0.15, 0.2) is 18.3 Å². The fourth-order valence-corrected chi connectivity index (χ4v) is 1.93. The van der Waals surface area contributed by atoms with Gasteiger partial charge >= 0.3 is 0 Å². The number of pyridine rings is 1. The van der Waals surface area contributed by atoms with Crippen LogP contribution in [-0.2, 0) is 14.3 Å². The average Bonchev–Trinajstić information content (AvgIpc) is 2.49. The molecule has 0 aliphatic carbocycles. The van der Waals surface area contributed by atoms with Crippen molar-refractivity contribution >= 4 is 17.4 Å². The third-order valence-electron chi connectivity index (χ3n) is 3.03. The molecule has 1 aliphatic heterocycles. The lowest BCUT2D eigenvalue weighted by Crippen LogP contribution is -2.39. The summed E-state index contributed by atoms with van der Waals surface area (Å²) in [6.45, 7) is 3.28. The molecule has 0 bridgehead atoms. The van der Waals surface area contributed by atoms with Gasteiger partial charge in [0.05, 0.1) is 31.7 Å². The van der Waals surface area contributed by atoms with Gasteiger partial charge < -0.3 is 25.4 Å². The van der Waals surface area contributed by atoms with Gasteiger partial charge in [0, 0.05) is 20.2 Å². The van der Waals surface area contributed by atoms with Crippen LogP contribution in [0.4, 0.5) is 11.5 Å². The monoisotopic (exact) mass is 280 g/mol. The van der Waals surface area contributed by atoms with Gasteiger partial charge in [0.1, 0.15) is 11.9 Å². The average molecular weight is 280 g/mol. The van der Waals surface area contributed by atoms with Gasteiger partial charge in [0.2, 0.25) is 5.91 Å². The molecule has 2 rings (SSSR count). The Kier molecular flexibility index (Phi) is 5.28. The zero-order valence-electron chi connectivity index (χ0n) is 11.5. The van der Waals surface area contributed by atoms with Gasteiger partial charge in [0.15, 0.2) is 0 Å². The van der Waals surface area contributed by atoms with Gasteiger partial charge in [-0.25, -0.2) is 4.98 Å². The van der Waals surface area contributed by atoms with E-state index in [-0.39, 0.29) is 12.5 Å². The fourth-order valence-electron chi connectivity index (χ4n) is 1.93. The Morgan fingerprint density at radius 2 is 2.30 bits per heavy atom. The van der Waals surface area contributed by atoms with E-state index in [1.807, 2.05) is 12.1 Å². The third kappa shape index (κ3) is 3.89. The number of aromatic nitrogens is 1. The van der Waals surface area contributed by atoms with E-state index in [4.69, 9.17) is 15.2 Å². The molecule has 1 atom stereocenters. The molecule has 1 saturated heterocycles. The molecule has 1 aromatic rings. The number of rotatable bonds is 5. The molecule has 0 spiro atoms. The maximum absolute atomic E-state index is 11.7. The van der Waals surface area contributed by atoms with Crippen molar-refractivity contribution < 1.29 is 14.3 Å². The lowest BCUT2D eigenvalue weighted by Gasteiger charge is -2.27. The molecule has 2 heterocycles. The molecule has 7 heteroatoms. The van der Waals surface area contributed by atoms with Crippen LogP contribution in [0, 0.1) is 0 Å². The summed E-state index contributed by atoms with van der Waals surface area (Å²) in [6, 6.07) is 3.01. The Morgan fingerprint density at radius 3 is 2.90 bits per heavy atom. The molecular formula is C13H20N4O3. The van der Waals surface area contributed by atoms with Crippen molar-refractivity contribution in [1.29, 1.82) is 0 Å². The second kappa shape index (κ2) is 7.18. The van der Waals surface area contributed by atoms with Crippen LogP contribution in [-0.4, -0.2) is 57.0 Å². The first-order valence-electron chi connectivity index (χ1n) is 6.55. The Balaban J connectivity index is 1.92. The number of morpholine rings is 1. The quantitative estimate of drug-likeness (QED) is 0.778. The van der Waals surface area contributed by atoms with E-state index in [1.54, 1.807) is 6.20 Å². The molecule has 7 nitrogen and oxygen atoms in total. The van der Waals surface area contributed by atoms with Crippen molar-refractivity contribution in [2.75, 3.05) is 50.2 Å². The number of methoxy groups -OCH3 is 1. The number of nitrogens with two attached hydrogens (primary N) is 1. The van der Waals surface area contributed by atoms with E-state index in [0.29, 0.717) is 18.9 Å². The SMILES string of the molecule is COCC(N)C(=O)Nc1ccc(N2CCOCC2)nc1. The summed E-state index contributed by atoms with van der Waals surface area (Å²) in [5.74, 6) is 0.597. The van der Waals surface area contributed by atoms with Crippen LogP contribution in [0.5, 0.6) is 0 Å². The fraction of sp³-hybridized carbons (Fsp3) is 0.538. The topological polar surface area (TPSA) is 89.7 Å². The number of nitrogens with one attached hydrogen (secondary N) is 1. The van der Waals surface area contributed by atoms with Crippen molar-refractivity contribution in [3.8, 4) is 0 Å². The minimum atomic E-state index is -0.682. The molecule has 1 aromatic heterocycles. The first kappa shape index (κ1) is 14.7. The molecular weight excluding hydrogens is 260 g/mol. The number of hydrogen-bond donors (Lipinski definition) is 2. The normalized spacial score (nSPS) is 16.8. The van der Waals surface area contributed by atoms with E-state index < -0.39 is 6.04 Å². The van der Waals surface area contributed by atoms with Crippen molar-refractivity contribution in [2.45, 2.75) is 6.04 Å². The molecule has 0 saturated carbocycles. The number of anilines is 2. The highest BCUT2D eigenvalue weighted by Crippen LogP contribution is 2.15. The number of hydrogen-bond acceptors (Lipinski definition) is 6. The Hall–Kier alpha value is -1.70. The number of amides is 1. The summed E-state index contributed by atoms with van der Waals surface area (Å²) in [4.78, 5) is 18.2. The number of nitrogens with zero attached hydrogens (tertiary/aromatic N) is 2. The van der Waals surface area contributed by atoms with E-state index >= 15 is 0 Å². The molecule has 0 radical (unpaired) electrons. The minimum Gasteiger partial charge on any atom is -0.383 e. The van der Waals surface area contributed by atoms with Crippen molar-refractivity contribution in [2.24, 2.45) is 5.73 Å². The van der Waals surface area contributed by atoms with Crippen LogP contribution in [0.1, 0.15) is 0 Å². The lowest BCUT2D eigenvalue weighted by molar-refractivity contribution is -0.118. The summed E-state index contributed by atoms with van der Waals surface area (Å²) in [7, 11) is 1.51. The van der Waals surface area contributed by atoms with Gasteiger partial charge in [0.25, 0.3) is 0 Å². The first-order chi connectivity index (χ1) is 9.70. The second-order valence-corrected chi connectivity index (χ2v) is 4.56. The smallest absolute Gasteiger partial charge is 0.243 e. The molecule has 20 heavy (non-hydrogen) atoms. The number of carbonyl (C=O) groups is 1. The standard InChI is InChI=1S/C13H20N4O3/c1-19-9-11(14)13(18)16-10-2-3-12(15-8-10)17-4-6-20-7-5-17/h2-3,8,11H,4-7,9,14H2,1H3,(H,16,18). The third-order valence-corrected chi connectivity index (χ3v) is 3.03. The predicted octanol–water partition coefficient (Wildman–Crippen LogP) is -0.170. The number of ether oxygens (including phenoxy) is 2. The highest BCUT2D eigenvalue weighted by atomic mass is 16.5. The van der Waals surface area contributed by atoms with Crippen molar-refractivity contribution in [3.63, 3.8) is 0 Å². The molecule has 0 aromatic carbocycles. The maximum Gasteiger partial charge on any atom is 0.243 e. The highest BCUT2D eigenvalue weighted by Gasteiger charge is 2.15. The molecule has 110 valence electrons. The van der Waals surface area contributed by atoms with E-state index in [9.17, 15) is 4.79 Å². The van der Waals surface area contributed by atoms with Crippen LogP contribution in [0.2, 0.25) is 0 Å². The molecule has 1 aliphatic rings. The Labute approximate surface area is 118 Å². The van der Waals surface area contributed by atoms with Crippen LogP contribution in [0.25, 0.3) is 0 Å². The maximum atomic E-state index is 11.7. The zero-order chi connectivity index (χ0) is 14.4. The lowest BCUT2D eigenvalue weighted by atomic mass is 10.3. The second-order valence-electron chi connectivity index (χ2n) is 4.56. The van der Waals surface area contributed by atoms with Crippen molar-refractivity contribution in [1.82, 2.24) is 4.98 Å². The van der Waals surface area contributed by atoms with Gasteiger partial charge in [-0.05, 0) is 12.1 Å². The van der Waals surface area contributed by atoms with Gasteiger partial charge in [-0.2, -0.15) is 0 Å². The van der Waals surface area contributed by atoms with E-state index in [0.717, 1.165) is 18.9 Å². The van der Waals surface area contributed by atoms with Gasteiger partial charge in [-0.1, -0.05) is 0 Å². The molecule has 1 unspecified atom stereocenters. The highest BCUT2D eigenvalue weighted by molar-refractivity contribution is 5.94. The predicted molar refractivity (Wildman–Crippen MR) is 75.8 cm³/mol. The van der Waals surface area contributed by atoms with Crippen LogP contribution in [0.3, 0.4) is 0 Å². The molecule has 1 fully saturated rings. The van der Waals surface area contributed by atoms with Gasteiger partial charge in [-0.15, -0.1) is 0 Å². The van der Waals surface area contributed by atoms with Crippen LogP contribution >= 0.6 is 0 Å². The largest absolute Gasteiger partial charge is 0.383 e. The number of carbonyl (C=O) groups excluding carboxylic acids is 1.